The fourth-order valence-electron chi connectivity index (χ4n) is 2.65. The van der Waals surface area contributed by atoms with Gasteiger partial charge in [-0.05, 0) is 18.2 Å². The second-order valence-corrected chi connectivity index (χ2v) is 7.83. The molecule has 0 aliphatic carbocycles. The summed E-state index contributed by atoms with van der Waals surface area (Å²) in [5, 5.41) is 0.355. The van der Waals surface area contributed by atoms with Crippen molar-refractivity contribution in [3.8, 4) is 5.75 Å². The van der Waals surface area contributed by atoms with Gasteiger partial charge in [-0.15, -0.1) is 0 Å². The highest BCUT2D eigenvalue weighted by atomic mass is 32.2. The molecule has 27 heavy (non-hydrogen) atoms. The minimum absolute atomic E-state index is 0.106. The van der Waals surface area contributed by atoms with Crippen molar-refractivity contribution in [2.75, 3.05) is 21.2 Å². The van der Waals surface area contributed by atoms with Gasteiger partial charge < -0.3 is 9.64 Å². The Morgan fingerprint density at radius 1 is 1.19 bits per heavy atom. The van der Waals surface area contributed by atoms with Gasteiger partial charge in [0, 0.05) is 38.8 Å². The number of rotatable bonds is 6. The molecule has 3 rings (SSSR count). The van der Waals surface area contributed by atoms with Crippen LogP contribution in [-0.4, -0.2) is 49.3 Å². The number of methoxy groups -OCH3 is 1. The standard InChI is InChI=1S/C19H19N3O4S/c1-21(2)12-10-16(23)15-13-22(19-18(15)17(26-3)9-11-20-19)27(24,25)14-7-5-4-6-8-14/h4-13H,1-3H3/b12-10+. The highest BCUT2D eigenvalue weighted by molar-refractivity contribution is 7.90. The third-order valence-electron chi connectivity index (χ3n) is 3.93. The topological polar surface area (TPSA) is 81.5 Å². The lowest BCUT2D eigenvalue weighted by molar-refractivity contribution is 0.104. The molecule has 3 aromatic rings. The Morgan fingerprint density at radius 2 is 1.89 bits per heavy atom. The van der Waals surface area contributed by atoms with Crippen molar-refractivity contribution in [3.63, 3.8) is 0 Å². The van der Waals surface area contributed by atoms with Crippen molar-refractivity contribution in [3.05, 3.63) is 66.6 Å². The molecule has 0 spiro atoms. The van der Waals surface area contributed by atoms with E-state index in [0.717, 1.165) is 3.97 Å². The molecule has 2 heterocycles. The van der Waals surface area contributed by atoms with Gasteiger partial charge in [0.05, 0.1) is 23.0 Å². The first kappa shape index (κ1) is 18.7. The summed E-state index contributed by atoms with van der Waals surface area (Å²) in [6.07, 6.45) is 5.72. The fraction of sp³-hybridized carbons (Fsp3) is 0.158. The van der Waals surface area contributed by atoms with Crippen LogP contribution < -0.4 is 4.74 Å². The monoisotopic (exact) mass is 385 g/mol. The summed E-state index contributed by atoms with van der Waals surface area (Å²) in [4.78, 5) is 18.7. The van der Waals surface area contributed by atoms with Crippen molar-refractivity contribution in [2.24, 2.45) is 0 Å². The molecule has 0 aliphatic rings. The zero-order chi connectivity index (χ0) is 19.6. The lowest BCUT2D eigenvalue weighted by Crippen LogP contribution is -2.12. The molecule has 0 saturated heterocycles. The van der Waals surface area contributed by atoms with Gasteiger partial charge in [-0.2, -0.15) is 0 Å². The number of carbonyl (C=O) groups is 1. The maximum atomic E-state index is 13.1. The normalized spacial score (nSPS) is 11.8. The van der Waals surface area contributed by atoms with Crippen molar-refractivity contribution in [2.45, 2.75) is 4.90 Å². The molecule has 0 unspecified atom stereocenters. The summed E-state index contributed by atoms with van der Waals surface area (Å²) in [6.45, 7) is 0. The summed E-state index contributed by atoms with van der Waals surface area (Å²) in [6, 6.07) is 9.59. The third kappa shape index (κ3) is 3.43. The predicted molar refractivity (Wildman–Crippen MR) is 102 cm³/mol. The lowest BCUT2D eigenvalue weighted by Gasteiger charge is -2.07. The van der Waals surface area contributed by atoms with Gasteiger partial charge in [0.1, 0.15) is 5.75 Å². The number of ketones is 1. The number of hydrogen-bond donors (Lipinski definition) is 0. The Balaban J connectivity index is 2.29. The number of aromatic nitrogens is 2. The first-order valence-corrected chi connectivity index (χ1v) is 9.54. The zero-order valence-corrected chi connectivity index (χ0v) is 16.0. The van der Waals surface area contributed by atoms with Crippen LogP contribution in [0.25, 0.3) is 11.0 Å². The zero-order valence-electron chi connectivity index (χ0n) is 15.2. The molecule has 0 radical (unpaired) electrons. The largest absolute Gasteiger partial charge is 0.496 e. The van der Waals surface area contributed by atoms with Gasteiger partial charge in [-0.25, -0.2) is 17.4 Å². The van der Waals surface area contributed by atoms with E-state index >= 15 is 0 Å². The smallest absolute Gasteiger partial charge is 0.269 e. The number of fused-ring (bicyclic) bond motifs is 1. The maximum absolute atomic E-state index is 13.1. The van der Waals surface area contributed by atoms with E-state index in [1.54, 1.807) is 49.5 Å². The number of allylic oxidation sites excluding steroid dienone is 1. The van der Waals surface area contributed by atoms with Crippen LogP contribution in [0, 0.1) is 0 Å². The van der Waals surface area contributed by atoms with E-state index in [1.165, 1.54) is 37.7 Å². The number of pyridine rings is 1. The number of nitrogens with zero attached hydrogens (tertiary/aromatic N) is 3. The quantitative estimate of drug-likeness (QED) is 0.479. The Labute approximate surface area is 157 Å². The van der Waals surface area contributed by atoms with Crippen molar-refractivity contribution in [1.82, 2.24) is 13.9 Å². The van der Waals surface area contributed by atoms with Crippen LogP contribution in [0.2, 0.25) is 0 Å². The van der Waals surface area contributed by atoms with E-state index in [9.17, 15) is 13.2 Å². The Bertz CT molecular complexity index is 1120. The van der Waals surface area contributed by atoms with Crippen molar-refractivity contribution in [1.29, 1.82) is 0 Å². The second kappa shape index (κ2) is 7.24. The maximum Gasteiger partial charge on any atom is 0.269 e. The Kier molecular flexibility index (Phi) is 5.00. The summed E-state index contributed by atoms with van der Waals surface area (Å²) in [7, 11) is 1.11. The van der Waals surface area contributed by atoms with Crippen LogP contribution in [0.5, 0.6) is 5.75 Å². The molecular weight excluding hydrogens is 366 g/mol. The van der Waals surface area contributed by atoms with Gasteiger partial charge in [0.2, 0.25) is 0 Å². The summed E-state index contributed by atoms with van der Waals surface area (Å²) in [5.41, 5.74) is 0.340. The number of carbonyl (C=O) groups excluding carboxylic acids is 1. The van der Waals surface area contributed by atoms with Crippen LogP contribution in [0.15, 0.2) is 66.0 Å². The highest BCUT2D eigenvalue weighted by Gasteiger charge is 2.25. The first-order valence-electron chi connectivity index (χ1n) is 8.10. The average molecular weight is 385 g/mol. The summed E-state index contributed by atoms with van der Waals surface area (Å²) in [5.74, 6) is 0.0330. The minimum Gasteiger partial charge on any atom is -0.496 e. The van der Waals surface area contributed by atoms with E-state index in [1.807, 2.05) is 0 Å². The van der Waals surface area contributed by atoms with E-state index < -0.39 is 10.0 Å². The summed E-state index contributed by atoms with van der Waals surface area (Å²) >= 11 is 0. The van der Waals surface area contributed by atoms with Crippen LogP contribution in [0.1, 0.15) is 10.4 Å². The molecular formula is C19H19N3O4S. The molecule has 0 N–H and O–H groups in total. The van der Waals surface area contributed by atoms with E-state index in [4.69, 9.17) is 4.74 Å². The highest BCUT2D eigenvalue weighted by Crippen LogP contribution is 2.32. The van der Waals surface area contributed by atoms with E-state index in [-0.39, 0.29) is 21.9 Å². The number of hydrogen-bond acceptors (Lipinski definition) is 6. The first-order chi connectivity index (χ1) is 12.9. The van der Waals surface area contributed by atoms with E-state index in [2.05, 4.69) is 4.98 Å². The van der Waals surface area contributed by atoms with Crippen LogP contribution in [0.4, 0.5) is 0 Å². The lowest BCUT2D eigenvalue weighted by atomic mass is 10.1. The van der Waals surface area contributed by atoms with Crippen LogP contribution in [-0.2, 0) is 10.0 Å². The molecule has 140 valence electrons. The van der Waals surface area contributed by atoms with E-state index in [0.29, 0.717) is 11.1 Å². The van der Waals surface area contributed by atoms with Gasteiger partial charge in [0.25, 0.3) is 10.0 Å². The minimum atomic E-state index is -3.92. The van der Waals surface area contributed by atoms with Gasteiger partial charge in [-0.3, -0.25) is 4.79 Å². The third-order valence-corrected chi connectivity index (χ3v) is 5.59. The molecule has 0 bridgehead atoms. The molecule has 2 aromatic heterocycles. The average Bonchev–Trinajstić information content (AvgIpc) is 3.07. The SMILES string of the molecule is COc1ccnc2c1c(C(=O)/C=C/N(C)C)cn2S(=O)(=O)c1ccccc1. The van der Waals surface area contributed by atoms with Gasteiger partial charge >= 0.3 is 0 Å². The summed E-state index contributed by atoms with van der Waals surface area (Å²) < 4.78 is 32.6. The number of ether oxygens (including phenoxy) is 1. The second-order valence-electron chi connectivity index (χ2n) is 6.01. The molecule has 8 heteroatoms. The molecule has 0 amide bonds. The predicted octanol–water partition coefficient (Wildman–Crippen LogP) is 2.54. The Hall–Kier alpha value is -3.13. The molecule has 1 aromatic carbocycles. The van der Waals surface area contributed by atoms with Gasteiger partial charge in [0.15, 0.2) is 11.4 Å². The molecule has 0 fully saturated rings. The van der Waals surface area contributed by atoms with Crippen LogP contribution >= 0.6 is 0 Å². The van der Waals surface area contributed by atoms with Crippen molar-refractivity contribution >= 4 is 26.8 Å². The molecule has 0 saturated carbocycles. The molecule has 0 atom stereocenters. The molecule has 7 nitrogen and oxygen atoms in total. The fourth-order valence-corrected chi connectivity index (χ4v) is 3.99. The van der Waals surface area contributed by atoms with Gasteiger partial charge in [-0.1, -0.05) is 18.2 Å². The molecule has 0 aliphatic heterocycles. The van der Waals surface area contributed by atoms with Crippen LogP contribution in [0.3, 0.4) is 0 Å². The Morgan fingerprint density at radius 3 is 2.52 bits per heavy atom. The van der Waals surface area contributed by atoms with Crippen molar-refractivity contribution < 1.29 is 17.9 Å². The number of benzene rings is 1.